The summed E-state index contributed by atoms with van der Waals surface area (Å²) in [6.45, 7) is 1.72. The second kappa shape index (κ2) is 6.17. The van der Waals surface area contributed by atoms with Gasteiger partial charge >= 0.3 is 5.97 Å². The number of halogens is 1. The highest BCUT2D eigenvalue weighted by atomic mass is 79.9. The molecule has 0 saturated heterocycles. The molecular weight excluding hydrogens is 378 g/mol. The van der Waals surface area contributed by atoms with Crippen LogP contribution < -0.4 is 4.72 Å². The van der Waals surface area contributed by atoms with Gasteiger partial charge in [0, 0.05) is 4.47 Å². The number of anilines is 1. The Morgan fingerprint density at radius 3 is 2.62 bits per heavy atom. The average Bonchev–Trinajstić information content (AvgIpc) is 2.79. The topological polar surface area (TPSA) is 72.5 Å². The van der Waals surface area contributed by atoms with Crippen LogP contribution >= 0.6 is 27.3 Å². The highest BCUT2D eigenvalue weighted by Gasteiger charge is 2.23. The third-order valence-electron chi connectivity index (χ3n) is 2.71. The Hall–Kier alpha value is -1.38. The summed E-state index contributed by atoms with van der Waals surface area (Å²) in [5, 5.41) is 1.70. The molecule has 1 aromatic heterocycles. The van der Waals surface area contributed by atoms with Crippen LogP contribution in [0.4, 0.5) is 5.69 Å². The number of carbonyl (C=O) groups is 1. The zero-order chi connectivity index (χ0) is 15.6. The minimum atomic E-state index is -3.80. The van der Waals surface area contributed by atoms with Crippen LogP contribution in [0.25, 0.3) is 0 Å². The number of hydrogen-bond donors (Lipinski definition) is 1. The lowest BCUT2D eigenvalue weighted by Gasteiger charge is -2.10. The predicted molar refractivity (Wildman–Crippen MR) is 85.3 cm³/mol. The molecule has 112 valence electrons. The van der Waals surface area contributed by atoms with Gasteiger partial charge in [0.2, 0.25) is 0 Å². The van der Waals surface area contributed by atoms with Gasteiger partial charge in [0.05, 0.1) is 12.8 Å². The SMILES string of the molecule is COC(=O)c1scc(C)c1NS(=O)(=O)c1ccccc1Br. The quantitative estimate of drug-likeness (QED) is 0.813. The summed E-state index contributed by atoms with van der Waals surface area (Å²) in [6, 6.07) is 6.46. The van der Waals surface area contributed by atoms with Crippen molar-refractivity contribution in [3.8, 4) is 0 Å². The van der Waals surface area contributed by atoms with Crippen LogP contribution in [0.15, 0.2) is 39.0 Å². The molecule has 0 aliphatic carbocycles. The van der Waals surface area contributed by atoms with E-state index in [9.17, 15) is 13.2 Å². The van der Waals surface area contributed by atoms with Gasteiger partial charge in [0.25, 0.3) is 10.0 Å². The van der Waals surface area contributed by atoms with Crippen molar-refractivity contribution in [2.75, 3.05) is 11.8 Å². The number of benzene rings is 1. The molecule has 0 atom stereocenters. The van der Waals surface area contributed by atoms with E-state index in [0.29, 0.717) is 10.0 Å². The number of thiophene rings is 1. The molecule has 0 saturated carbocycles. The summed E-state index contributed by atoms with van der Waals surface area (Å²) < 4.78 is 32.5. The number of esters is 1. The summed E-state index contributed by atoms with van der Waals surface area (Å²) in [5.41, 5.74) is 0.915. The molecule has 5 nitrogen and oxygen atoms in total. The molecule has 8 heteroatoms. The average molecular weight is 390 g/mol. The molecule has 0 radical (unpaired) electrons. The fraction of sp³-hybridized carbons (Fsp3) is 0.154. The van der Waals surface area contributed by atoms with E-state index in [0.717, 1.165) is 11.3 Å². The van der Waals surface area contributed by atoms with Crippen molar-refractivity contribution in [3.63, 3.8) is 0 Å². The third kappa shape index (κ3) is 3.28. The van der Waals surface area contributed by atoms with Crippen LogP contribution in [-0.4, -0.2) is 21.5 Å². The van der Waals surface area contributed by atoms with Crippen molar-refractivity contribution in [2.24, 2.45) is 0 Å². The van der Waals surface area contributed by atoms with Gasteiger partial charge in [-0.25, -0.2) is 13.2 Å². The van der Waals surface area contributed by atoms with E-state index >= 15 is 0 Å². The number of sulfonamides is 1. The normalized spacial score (nSPS) is 11.2. The van der Waals surface area contributed by atoms with Crippen LogP contribution in [-0.2, 0) is 14.8 Å². The summed E-state index contributed by atoms with van der Waals surface area (Å²) in [6.07, 6.45) is 0. The Labute approximate surface area is 135 Å². The standard InChI is InChI=1S/C13H12BrNO4S2/c1-8-7-20-12(13(16)19-2)11(8)15-21(17,18)10-6-4-3-5-9(10)14/h3-7,15H,1-2H3. The van der Waals surface area contributed by atoms with Crippen molar-refractivity contribution in [3.05, 3.63) is 44.6 Å². The Balaban J connectivity index is 2.45. The number of ether oxygens (including phenoxy) is 1. The van der Waals surface area contributed by atoms with Crippen molar-refractivity contribution in [1.29, 1.82) is 0 Å². The number of methoxy groups -OCH3 is 1. The van der Waals surface area contributed by atoms with Gasteiger partial charge in [-0.15, -0.1) is 11.3 Å². The highest BCUT2D eigenvalue weighted by Crippen LogP contribution is 2.31. The third-order valence-corrected chi connectivity index (χ3v) is 6.15. The van der Waals surface area contributed by atoms with Gasteiger partial charge in [-0.05, 0) is 45.9 Å². The maximum absolute atomic E-state index is 12.4. The van der Waals surface area contributed by atoms with Crippen molar-refractivity contribution in [1.82, 2.24) is 0 Å². The lowest BCUT2D eigenvalue weighted by atomic mass is 10.3. The van der Waals surface area contributed by atoms with E-state index in [1.807, 2.05) is 0 Å². The van der Waals surface area contributed by atoms with E-state index in [1.54, 1.807) is 30.5 Å². The van der Waals surface area contributed by atoms with Gasteiger partial charge < -0.3 is 4.74 Å². The first kappa shape index (κ1) is 16.0. The number of hydrogen-bond acceptors (Lipinski definition) is 5. The largest absolute Gasteiger partial charge is 0.465 e. The zero-order valence-electron chi connectivity index (χ0n) is 11.2. The second-order valence-corrected chi connectivity index (χ2v) is 7.54. The van der Waals surface area contributed by atoms with Gasteiger partial charge in [-0.2, -0.15) is 0 Å². The predicted octanol–water partition coefficient (Wildman–Crippen LogP) is 3.41. The van der Waals surface area contributed by atoms with Crippen LogP contribution in [0.3, 0.4) is 0 Å². The number of carbonyl (C=O) groups excluding carboxylic acids is 1. The number of rotatable bonds is 4. The van der Waals surface area contributed by atoms with Crippen LogP contribution in [0.5, 0.6) is 0 Å². The molecule has 1 heterocycles. The van der Waals surface area contributed by atoms with Crippen LogP contribution in [0.1, 0.15) is 15.2 Å². The molecule has 0 spiro atoms. The summed E-state index contributed by atoms with van der Waals surface area (Å²) in [7, 11) is -2.55. The fourth-order valence-corrected chi connectivity index (χ4v) is 4.80. The van der Waals surface area contributed by atoms with E-state index in [2.05, 4.69) is 25.4 Å². The Morgan fingerprint density at radius 1 is 1.33 bits per heavy atom. The molecule has 0 aliphatic heterocycles. The second-order valence-electron chi connectivity index (χ2n) is 4.15. The molecular formula is C13H12BrNO4S2. The number of aryl methyl sites for hydroxylation is 1. The summed E-state index contributed by atoms with van der Waals surface area (Å²) >= 11 is 4.34. The molecule has 0 aliphatic rings. The Kier molecular flexibility index (Phi) is 4.70. The van der Waals surface area contributed by atoms with Crippen LogP contribution in [0.2, 0.25) is 0 Å². The molecule has 0 unspecified atom stereocenters. The lowest BCUT2D eigenvalue weighted by molar-refractivity contribution is 0.0607. The first-order chi connectivity index (χ1) is 9.86. The van der Waals surface area contributed by atoms with E-state index < -0.39 is 16.0 Å². The number of nitrogens with one attached hydrogen (secondary N) is 1. The van der Waals surface area contributed by atoms with Gasteiger partial charge in [-0.3, -0.25) is 4.72 Å². The maximum atomic E-state index is 12.4. The first-order valence-corrected chi connectivity index (χ1v) is 8.96. The minimum absolute atomic E-state index is 0.103. The molecule has 21 heavy (non-hydrogen) atoms. The Morgan fingerprint density at radius 2 is 2.00 bits per heavy atom. The lowest BCUT2D eigenvalue weighted by Crippen LogP contribution is -2.16. The maximum Gasteiger partial charge on any atom is 0.350 e. The molecule has 0 amide bonds. The first-order valence-electron chi connectivity index (χ1n) is 5.80. The monoisotopic (exact) mass is 389 g/mol. The molecule has 2 aromatic rings. The highest BCUT2D eigenvalue weighted by molar-refractivity contribution is 9.10. The molecule has 0 bridgehead atoms. The minimum Gasteiger partial charge on any atom is -0.465 e. The van der Waals surface area contributed by atoms with E-state index in [-0.39, 0.29) is 15.5 Å². The van der Waals surface area contributed by atoms with E-state index in [4.69, 9.17) is 0 Å². The van der Waals surface area contributed by atoms with Gasteiger partial charge in [-0.1, -0.05) is 12.1 Å². The zero-order valence-corrected chi connectivity index (χ0v) is 14.4. The molecule has 1 aromatic carbocycles. The van der Waals surface area contributed by atoms with Crippen molar-refractivity contribution in [2.45, 2.75) is 11.8 Å². The van der Waals surface area contributed by atoms with Crippen LogP contribution in [0, 0.1) is 6.92 Å². The summed E-state index contributed by atoms with van der Waals surface area (Å²) in [4.78, 5) is 12.0. The fourth-order valence-electron chi connectivity index (χ4n) is 1.67. The summed E-state index contributed by atoms with van der Waals surface area (Å²) in [5.74, 6) is -0.571. The molecule has 2 rings (SSSR count). The van der Waals surface area contributed by atoms with Crippen molar-refractivity contribution < 1.29 is 17.9 Å². The van der Waals surface area contributed by atoms with Gasteiger partial charge in [0.15, 0.2) is 0 Å². The smallest absolute Gasteiger partial charge is 0.350 e. The van der Waals surface area contributed by atoms with E-state index in [1.165, 1.54) is 13.2 Å². The molecule has 1 N–H and O–H groups in total. The molecule has 0 fully saturated rings. The van der Waals surface area contributed by atoms with Crippen molar-refractivity contribution >= 4 is 48.9 Å². The van der Waals surface area contributed by atoms with Gasteiger partial charge in [0.1, 0.15) is 9.77 Å². The Bertz CT molecular complexity index is 783.